The van der Waals surface area contributed by atoms with E-state index >= 15 is 0 Å². The van der Waals surface area contributed by atoms with Gasteiger partial charge >= 0.3 is 0 Å². The van der Waals surface area contributed by atoms with Crippen molar-refractivity contribution in [2.45, 2.75) is 45.6 Å². The number of carbonyl (C=O) groups excluding carboxylic acids is 1. The molecule has 0 saturated heterocycles. The molecule has 3 nitrogen and oxygen atoms in total. The Labute approximate surface area is 120 Å². The van der Waals surface area contributed by atoms with Crippen LogP contribution in [0.5, 0.6) is 0 Å². The van der Waals surface area contributed by atoms with Gasteiger partial charge in [-0.2, -0.15) is 0 Å². The van der Waals surface area contributed by atoms with Gasteiger partial charge in [-0.1, -0.05) is 26.0 Å². The van der Waals surface area contributed by atoms with Crippen LogP contribution in [0.15, 0.2) is 24.3 Å². The zero-order chi connectivity index (χ0) is 15.3. The predicted molar refractivity (Wildman–Crippen MR) is 77.9 cm³/mol. The Bertz CT molecular complexity index is 458. The third-order valence-corrected chi connectivity index (χ3v) is 3.43. The Kier molecular flexibility index (Phi) is 5.69. The number of halogens is 1. The minimum Gasteiger partial charge on any atom is -0.394 e. The molecule has 0 radical (unpaired) electrons. The summed E-state index contributed by atoms with van der Waals surface area (Å²) < 4.78 is 13.3. The lowest BCUT2D eigenvalue weighted by atomic mass is 9.83. The summed E-state index contributed by atoms with van der Waals surface area (Å²) in [6.45, 7) is 7.48. The molecule has 1 aromatic carbocycles. The van der Waals surface area contributed by atoms with E-state index in [0.29, 0.717) is 17.9 Å². The van der Waals surface area contributed by atoms with Crippen molar-refractivity contribution < 1.29 is 14.3 Å². The maximum atomic E-state index is 13.3. The van der Waals surface area contributed by atoms with E-state index in [1.165, 1.54) is 12.1 Å². The van der Waals surface area contributed by atoms with E-state index in [0.717, 1.165) is 0 Å². The second-order valence-corrected chi connectivity index (χ2v) is 6.12. The Morgan fingerprint density at radius 3 is 2.55 bits per heavy atom. The van der Waals surface area contributed by atoms with Gasteiger partial charge in [0.2, 0.25) is 5.91 Å². The van der Waals surface area contributed by atoms with Gasteiger partial charge in [-0.15, -0.1) is 0 Å². The third kappa shape index (κ3) is 4.30. The molecule has 0 saturated carbocycles. The van der Waals surface area contributed by atoms with Crippen molar-refractivity contribution in [1.82, 2.24) is 5.32 Å². The van der Waals surface area contributed by atoms with Crippen LogP contribution in [-0.2, 0) is 10.2 Å². The molecule has 0 spiro atoms. The number of amides is 1. The number of nitrogens with one attached hydrogen (secondary N) is 1. The Morgan fingerprint density at radius 2 is 2.05 bits per heavy atom. The summed E-state index contributed by atoms with van der Waals surface area (Å²) in [6.07, 6.45) is 0.710. The van der Waals surface area contributed by atoms with Gasteiger partial charge in [-0.3, -0.25) is 4.79 Å². The second kappa shape index (κ2) is 6.84. The van der Waals surface area contributed by atoms with E-state index in [1.54, 1.807) is 26.0 Å². The lowest BCUT2D eigenvalue weighted by Gasteiger charge is -2.28. The van der Waals surface area contributed by atoms with Crippen LogP contribution in [-0.4, -0.2) is 23.7 Å². The molecule has 0 aromatic heterocycles. The third-order valence-electron chi connectivity index (χ3n) is 3.43. The zero-order valence-corrected chi connectivity index (χ0v) is 12.6. The van der Waals surface area contributed by atoms with E-state index in [9.17, 15) is 14.3 Å². The van der Waals surface area contributed by atoms with Crippen LogP contribution in [0, 0.1) is 11.7 Å². The van der Waals surface area contributed by atoms with Crippen molar-refractivity contribution in [3.63, 3.8) is 0 Å². The molecule has 0 aliphatic heterocycles. The fourth-order valence-electron chi connectivity index (χ4n) is 2.12. The molecule has 0 aliphatic carbocycles. The van der Waals surface area contributed by atoms with Gasteiger partial charge in [0.05, 0.1) is 18.1 Å². The molecule has 1 aromatic rings. The van der Waals surface area contributed by atoms with Gasteiger partial charge in [0, 0.05) is 0 Å². The van der Waals surface area contributed by atoms with Crippen LogP contribution in [0.4, 0.5) is 4.39 Å². The lowest BCUT2D eigenvalue weighted by molar-refractivity contribution is -0.126. The maximum Gasteiger partial charge on any atom is 0.230 e. The molecule has 0 fully saturated rings. The van der Waals surface area contributed by atoms with Gasteiger partial charge in [-0.05, 0) is 43.9 Å². The molecule has 20 heavy (non-hydrogen) atoms. The first-order valence-electron chi connectivity index (χ1n) is 6.95. The molecule has 1 amide bonds. The summed E-state index contributed by atoms with van der Waals surface area (Å²) in [5.74, 6) is -0.184. The van der Waals surface area contributed by atoms with Crippen molar-refractivity contribution in [2.75, 3.05) is 6.61 Å². The molecule has 0 aliphatic rings. The average Bonchev–Trinajstić information content (AvgIpc) is 2.37. The molecule has 1 rings (SSSR count). The minimum atomic E-state index is -0.841. The molecule has 4 heteroatoms. The molecule has 0 bridgehead atoms. The monoisotopic (exact) mass is 281 g/mol. The van der Waals surface area contributed by atoms with Gasteiger partial charge in [0.25, 0.3) is 0 Å². The largest absolute Gasteiger partial charge is 0.394 e. The molecule has 112 valence electrons. The molecule has 1 atom stereocenters. The molecular formula is C16H24FNO2. The van der Waals surface area contributed by atoms with Crippen LogP contribution in [0.1, 0.15) is 39.7 Å². The van der Waals surface area contributed by atoms with E-state index in [1.807, 2.05) is 13.8 Å². The van der Waals surface area contributed by atoms with Crippen molar-refractivity contribution in [1.29, 1.82) is 0 Å². The van der Waals surface area contributed by atoms with Crippen molar-refractivity contribution >= 4 is 5.91 Å². The zero-order valence-electron chi connectivity index (χ0n) is 12.6. The highest BCUT2D eigenvalue weighted by Crippen LogP contribution is 2.24. The highest BCUT2D eigenvalue weighted by atomic mass is 19.1. The SMILES string of the molecule is CC(C)CC(CO)NC(=O)C(C)(C)c1cccc(F)c1. The Balaban J connectivity index is 2.83. The number of carbonyl (C=O) groups is 1. The highest BCUT2D eigenvalue weighted by molar-refractivity contribution is 5.87. The van der Waals surface area contributed by atoms with Crippen LogP contribution >= 0.6 is 0 Å². The molecule has 2 N–H and O–H groups in total. The van der Waals surface area contributed by atoms with E-state index in [2.05, 4.69) is 5.32 Å². The number of aliphatic hydroxyl groups is 1. The van der Waals surface area contributed by atoms with Crippen LogP contribution in [0.25, 0.3) is 0 Å². The van der Waals surface area contributed by atoms with E-state index in [-0.39, 0.29) is 24.4 Å². The first kappa shape index (κ1) is 16.6. The standard InChI is InChI=1S/C16H24FNO2/c1-11(2)8-14(10-19)18-15(20)16(3,4)12-6-5-7-13(17)9-12/h5-7,9,11,14,19H,8,10H2,1-4H3,(H,18,20). The lowest BCUT2D eigenvalue weighted by Crippen LogP contribution is -2.47. The van der Waals surface area contributed by atoms with Gasteiger partial charge < -0.3 is 10.4 Å². The number of benzene rings is 1. The van der Waals surface area contributed by atoms with Crippen molar-refractivity contribution in [2.24, 2.45) is 5.92 Å². The van der Waals surface area contributed by atoms with E-state index < -0.39 is 5.41 Å². The van der Waals surface area contributed by atoms with Crippen molar-refractivity contribution in [3.05, 3.63) is 35.6 Å². The first-order valence-corrected chi connectivity index (χ1v) is 6.95. The van der Waals surface area contributed by atoms with Crippen LogP contribution < -0.4 is 5.32 Å². The Morgan fingerprint density at radius 1 is 1.40 bits per heavy atom. The number of hydrogen-bond acceptors (Lipinski definition) is 2. The summed E-state index contributed by atoms with van der Waals surface area (Å²) in [5, 5.41) is 12.2. The summed E-state index contributed by atoms with van der Waals surface area (Å²) in [7, 11) is 0. The fraction of sp³-hybridized carbons (Fsp3) is 0.562. The quantitative estimate of drug-likeness (QED) is 0.842. The topological polar surface area (TPSA) is 49.3 Å². The van der Waals surface area contributed by atoms with Crippen molar-refractivity contribution in [3.8, 4) is 0 Å². The summed E-state index contributed by atoms with van der Waals surface area (Å²) >= 11 is 0. The second-order valence-electron chi connectivity index (χ2n) is 6.12. The summed E-state index contributed by atoms with van der Waals surface area (Å²) in [6, 6.07) is 5.79. The van der Waals surface area contributed by atoms with Gasteiger partial charge in [-0.25, -0.2) is 4.39 Å². The highest BCUT2D eigenvalue weighted by Gasteiger charge is 2.31. The predicted octanol–water partition coefficient (Wildman–Crippen LogP) is 2.63. The maximum absolute atomic E-state index is 13.3. The first-order chi connectivity index (χ1) is 9.27. The summed E-state index contributed by atoms with van der Waals surface area (Å²) in [4.78, 5) is 12.4. The number of rotatable bonds is 6. The van der Waals surface area contributed by atoms with Gasteiger partial charge in [0.15, 0.2) is 0 Å². The number of hydrogen-bond donors (Lipinski definition) is 2. The fourth-order valence-corrected chi connectivity index (χ4v) is 2.12. The van der Waals surface area contributed by atoms with Gasteiger partial charge in [0.1, 0.15) is 5.82 Å². The van der Waals surface area contributed by atoms with E-state index in [4.69, 9.17) is 0 Å². The minimum absolute atomic E-state index is 0.0941. The molecule has 0 heterocycles. The van der Waals surface area contributed by atoms with Crippen LogP contribution in [0.2, 0.25) is 0 Å². The Hall–Kier alpha value is -1.42. The number of aliphatic hydroxyl groups excluding tert-OH is 1. The summed E-state index contributed by atoms with van der Waals surface area (Å²) in [5.41, 5.74) is -0.219. The van der Waals surface area contributed by atoms with Crippen LogP contribution in [0.3, 0.4) is 0 Å². The average molecular weight is 281 g/mol. The molecular weight excluding hydrogens is 257 g/mol. The smallest absolute Gasteiger partial charge is 0.230 e. The normalized spacial score (nSPS) is 13.3. The molecule has 1 unspecified atom stereocenters.